The molecule has 6 rings (SSSR count). The van der Waals surface area contributed by atoms with Gasteiger partial charge in [0.2, 0.25) is 0 Å². The molecule has 4 aromatic carbocycles. The fraction of sp³-hybridized carbons (Fsp3) is 0. The number of benzene rings is 4. The van der Waals surface area contributed by atoms with Crippen LogP contribution in [0.3, 0.4) is 0 Å². The van der Waals surface area contributed by atoms with E-state index in [4.69, 9.17) is 0 Å². The predicted molar refractivity (Wildman–Crippen MR) is 135 cm³/mol. The molecule has 5 heteroatoms. The summed E-state index contributed by atoms with van der Waals surface area (Å²) in [7, 11) is 0. The Bertz CT molecular complexity index is 1410. The highest BCUT2D eigenvalue weighted by molar-refractivity contribution is 7.24. The molecule has 2 heterocycles. The van der Waals surface area contributed by atoms with Crippen molar-refractivity contribution in [2.75, 3.05) is 0 Å². The zero-order valence-corrected chi connectivity index (χ0v) is 18.0. The van der Waals surface area contributed by atoms with Crippen LogP contribution in [0.4, 0.5) is 0 Å². The van der Waals surface area contributed by atoms with Crippen molar-refractivity contribution in [2.24, 2.45) is 0 Å². The molecule has 0 aliphatic rings. The monoisotopic (exact) mass is 442 g/mol. The van der Waals surface area contributed by atoms with Gasteiger partial charge in [0.25, 0.3) is 0 Å². The summed E-state index contributed by atoms with van der Waals surface area (Å²) in [5.74, 6) is 0. The van der Waals surface area contributed by atoms with Gasteiger partial charge in [0.1, 0.15) is 0 Å². The second kappa shape index (κ2) is 8.78. The smallest absolute Gasteiger partial charge is 0.195 e. The molecule has 0 radical (unpaired) electrons. The average Bonchev–Trinajstić information content (AvgIpc) is 2.80. The number of hydrogen-bond donors (Lipinski definition) is 0. The zero-order chi connectivity index (χ0) is 20.5. The minimum absolute atomic E-state index is 0. The molecule has 0 aliphatic heterocycles. The van der Waals surface area contributed by atoms with Crippen LogP contribution in [0, 0.1) is 0 Å². The van der Waals surface area contributed by atoms with Gasteiger partial charge in [-0.1, -0.05) is 48.5 Å². The predicted octanol–water partition coefficient (Wildman–Crippen LogP) is 6.00. The molecule has 0 unspecified atom stereocenters. The summed E-state index contributed by atoms with van der Waals surface area (Å²) in [4.78, 5) is 24.2. The second-order valence-electron chi connectivity index (χ2n) is 6.85. The molecule has 0 amide bonds. The van der Waals surface area contributed by atoms with Gasteiger partial charge in [-0.05, 0) is 48.5 Å². The summed E-state index contributed by atoms with van der Waals surface area (Å²) in [6.45, 7) is 0. The third-order valence-corrected chi connectivity index (χ3v) is 7.27. The fourth-order valence-corrected chi connectivity index (χ4v) is 5.64. The first kappa shape index (κ1) is 20.9. The molecule has 31 heavy (non-hydrogen) atoms. The lowest BCUT2D eigenvalue weighted by Crippen LogP contribution is -1.99. The molecule has 0 aliphatic carbocycles. The van der Waals surface area contributed by atoms with Crippen LogP contribution >= 0.6 is 22.7 Å². The molecule has 0 fully saturated rings. The van der Waals surface area contributed by atoms with Gasteiger partial charge in [-0.2, -0.15) is 0 Å². The normalized spacial score (nSPS) is 10.6. The Morgan fingerprint density at radius 3 is 0.871 bits per heavy atom. The van der Waals surface area contributed by atoms with Gasteiger partial charge in [0, 0.05) is 40.3 Å². The standard InChI is InChI=1S/2C13H8OS.H2O/c2*14-13-9-5-1-3-7-11(9)15-12-8-4-2-6-10(12)13;/h2*1-8H;1H2. The third kappa shape index (κ3) is 3.86. The van der Waals surface area contributed by atoms with Gasteiger partial charge in [0.15, 0.2) is 10.9 Å². The average molecular weight is 443 g/mol. The Morgan fingerprint density at radius 2 is 0.613 bits per heavy atom. The van der Waals surface area contributed by atoms with E-state index in [-0.39, 0.29) is 16.3 Å². The number of hydrogen-bond acceptors (Lipinski definition) is 4. The van der Waals surface area contributed by atoms with Crippen molar-refractivity contribution in [2.45, 2.75) is 0 Å². The van der Waals surface area contributed by atoms with Crippen LogP contribution in [0.5, 0.6) is 0 Å². The highest BCUT2D eigenvalue weighted by Gasteiger charge is 2.04. The molecule has 0 bridgehead atoms. The second-order valence-corrected chi connectivity index (χ2v) is 9.01. The Labute approximate surface area is 185 Å². The van der Waals surface area contributed by atoms with Crippen molar-refractivity contribution in [1.82, 2.24) is 0 Å². The maximum absolute atomic E-state index is 12.1. The summed E-state index contributed by atoms with van der Waals surface area (Å²) >= 11 is 3.33. The molecule has 2 aromatic heterocycles. The first-order valence-electron chi connectivity index (χ1n) is 9.53. The Morgan fingerprint density at radius 1 is 0.387 bits per heavy atom. The van der Waals surface area contributed by atoms with Crippen molar-refractivity contribution in [3.05, 3.63) is 118 Å². The Balaban J connectivity index is 0.000000144. The molecular formula is C26H18O3S2. The highest BCUT2D eigenvalue weighted by Crippen LogP contribution is 2.24. The maximum atomic E-state index is 12.1. The summed E-state index contributed by atoms with van der Waals surface area (Å²) in [5.41, 5.74) is 0.278. The van der Waals surface area contributed by atoms with E-state index in [1.165, 1.54) is 0 Å². The van der Waals surface area contributed by atoms with Gasteiger partial charge >= 0.3 is 0 Å². The zero-order valence-electron chi connectivity index (χ0n) is 16.4. The van der Waals surface area contributed by atoms with E-state index in [0.717, 1.165) is 40.3 Å². The minimum Gasteiger partial charge on any atom is -0.412 e. The van der Waals surface area contributed by atoms with Crippen LogP contribution in [-0.4, -0.2) is 5.48 Å². The van der Waals surface area contributed by atoms with E-state index in [2.05, 4.69) is 0 Å². The summed E-state index contributed by atoms with van der Waals surface area (Å²) < 4.78 is 4.23. The van der Waals surface area contributed by atoms with Crippen molar-refractivity contribution >= 4 is 63.0 Å². The van der Waals surface area contributed by atoms with Crippen LogP contribution in [0.2, 0.25) is 0 Å². The lowest BCUT2D eigenvalue weighted by Gasteiger charge is -1.99. The van der Waals surface area contributed by atoms with Gasteiger partial charge < -0.3 is 5.48 Å². The fourth-order valence-electron chi connectivity index (χ4n) is 3.50. The van der Waals surface area contributed by atoms with Crippen LogP contribution in [-0.2, 0) is 0 Å². The van der Waals surface area contributed by atoms with E-state index in [1.54, 1.807) is 22.7 Å². The highest BCUT2D eigenvalue weighted by atomic mass is 32.1. The van der Waals surface area contributed by atoms with E-state index in [1.807, 2.05) is 97.1 Å². The van der Waals surface area contributed by atoms with E-state index >= 15 is 0 Å². The molecule has 2 N–H and O–H groups in total. The maximum Gasteiger partial charge on any atom is 0.195 e. The van der Waals surface area contributed by atoms with Crippen LogP contribution in [0.25, 0.3) is 40.3 Å². The molecule has 3 nitrogen and oxygen atoms in total. The molecule has 0 spiro atoms. The van der Waals surface area contributed by atoms with Crippen molar-refractivity contribution in [3.63, 3.8) is 0 Å². The van der Waals surface area contributed by atoms with Gasteiger partial charge in [0.05, 0.1) is 0 Å². The Hall–Kier alpha value is -3.38. The van der Waals surface area contributed by atoms with E-state index in [9.17, 15) is 9.59 Å². The molecule has 0 saturated heterocycles. The van der Waals surface area contributed by atoms with Crippen LogP contribution in [0.1, 0.15) is 0 Å². The van der Waals surface area contributed by atoms with Crippen molar-refractivity contribution in [3.8, 4) is 0 Å². The minimum atomic E-state index is 0. The summed E-state index contributed by atoms with van der Waals surface area (Å²) in [5, 5.41) is 3.28. The van der Waals surface area contributed by atoms with E-state index < -0.39 is 0 Å². The molecule has 6 aromatic rings. The van der Waals surface area contributed by atoms with Gasteiger partial charge in [-0.3, -0.25) is 9.59 Å². The lowest BCUT2D eigenvalue weighted by molar-refractivity contribution is 0.824. The number of rotatable bonds is 0. The number of fused-ring (bicyclic) bond motifs is 4. The molecule has 0 saturated carbocycles. The van der Waals surface area contributed by atoms with Gasteiger partial charge in [-0.25, -0.2) is 0 Å². The summed E-state index contributed by atoms with van der Waals surface area (Å²) in [6.07, 6.45) is 0. The molecule has 152 valence electrons. The van der Waals surface area contributed by atoms with Crippen LogP contribution in [0.15, 0.2) is 107 Å². The van der Waals surface area contributed by atoms with Gasteiger partial charge in [-0.15, -0.1) is 22.7 Å². The largest absolute Gasteiger partial charge is 0.412 e. The van der Waals surface area contributed by atoms with Crippen molar-refractivity contribution < 1.29 is 5.48 Å². The Kier molecular flexibility index (Phi) is 5.91. The lowest BCUT2D eigenvalue weighted by atomic mass is 10.2. The van der Waals surface area contributed by atoms with E-state index in [0.29, 0.717) is 0 Å². The first-order valence-corrected chi connectivity index (χ1v) is 11.2. The van der Waals surface area contributed by atoms with Crippen LogP contribution < -0.4 is 10.9 Å². The third-order valence-electron chi connectivity index (χ3n) is 4.97. The summed E-state index contributed by atoms with van der Waals surface area (Å²) in [6, 6.07) is 31.0. The quantitative estimate of drug-likeness (QED) is 0.271. The molecule has 0 atom stereocenters. The topological polar surface area (TPSA) is 65.6 Å². The first-order chi connectivity index (χ1) is 14.7. The van der Waals surface area contributed by atoms with Crippen molar-refractivity contribution in [1.29, 1.82) is 0 Å². The SMILES string of the molecule is O.O=c1c2ccccc2sc2ccccc12.O=c1c2ccccc2sc2ccccc12. The molecular weight excluding hydrogens is 424 g/mol.